The Balaban J connectivity index is 1.57. The van der Waals surface area contributed by atoms with Gasteiger partial charge in [-0.05, 0) is 32.1 Å². The minimum Gasteiger partial charge on any atom is -0.392 e. The number of rotatable bonds is 6. The van der Waals surface area contributed by atoms with E-state index in [0.717, 1.165) is 32.7 Å². The SMILES string of the molecule is CC(CC1COCCN1)NCC(O)C1CC1. The molecule has 2 rings (SSSR count). The molecule has 3 N–H and O–H groups in total. The third-order valence-electron chi connectivity index (χ3n) is 3.48. The highest BCUT2D eigenvalue weighted by molar-refractivity contribution is 4.83. The molecule has 1 saturated carbocycles. The Morgan fingerprint density at radius 2 is 2.31 bits per heavy atom. The molecule has 3 atom stereocenters. The second-order valence-electron chi connectivity index (χ2n) is 5.18. The van der Waals surface area contributed by atoms with Gasteiger partial charge in [0.15, 0.2) is 0 Å². The molecular weight excluding hydrogens is 204 g/mol. The van der Waals surface area contributed by atoms with Crippen LogP contribution in [0.4, 0.5) is 0 Å². The highest BCUT2D eigenvalue weighted by Gasteiger charge is 2.29. The van der Waals surface area contributed by atoms with Crippen molar-refractivity contribution >= 4 is 0 Å². The lowest BCUT2D eigenvalue weighted by Crippen LogP contribution is -2.46. The molecule has 0 aromatic rings. The maximum atomic E-state index is 9.74. The van der Waals surface area contributed by atoms with Gasteiger partial charge >= 0.3 is 0 Å². The first-order chi connectivity index (χ1) is 7.75. The van der Waals surface area contributed by atoms with Crippen molar-refractivity contribution in [2.45, 2.75) is 44.4 Å². The highest BCUT2D eigenvalue weighted by Crippen LogP contribution is 2.32. The molecule has 4 nitrogen and oxygen atoms in total. The van der Waals surface area contributed by atoms with Crippen LogP contribution in [0.15, 0.2) is 0 Å². The standard InChI is InChI=1S/C12H24N2O2/c1-9(6-11-8-16-5-4-13-11)14-7-12(15)10-2-3-10/h9-15H,2-8H2,1H3. The Bertz CT molecular complexity index is 203. The molecular formula is C12H24N2O2. The molecule has 0 amide bonds. The predicted octanol–water partition coefficient (Wildman–Crippen LogP) is 0.114. The maximum Gasteiger partial charge on any atom is 0.0692 e. The monoisotopic (exact) mass is 228 g/mol. The first-order valence-corrected chi connectivity index (χ1v) is 6.48. The van der Waals surface area contributed by atoms with Crippen LogP contribution in [0.2, 0.25) is 0 Å². The Kier molecular flexibility index (Phi) is 4.58. The van der Waals surface area contributed by atoms with Gasteiger partial charge in [0.2, 0.25) is 0 Å². The van der Waals surface area contributed by atoms with Crippen molar-refractivity contribution in [1.82, 2.24) is 10.6 Å². The quantitative estimate of drug-likeness (QED) is 0.604. The van der Waals surface area contributed by atoms with E-state index in [0.29, 0.717) is 18.0 Å². The van der Waals surface area contributed by atoms with E-state index in [1.165, 1.54) is 12.8 Å². The van der Waals surface area contributed by atoms with E-state index in [2.05, 4.69) is 17.6 Å². The lowest BCUT2D eigenvalue weighted by Gasteiger charge is -2.27. The second kappa shape index (κ2) is 5.96. The average Bonchev–Trinajstić information content (AvgIpc) is 3.11. The van der Waals surface area contributed by atoms with Gasteiger partial charge in [-0.2, -0.15) is 0 Å². The number of nitrogens with one attached hydrogen (secondary N) is 2. The van der Waals surface area contributed by atoms with Crippen LogP contribution >= 0.6 is 0 Å². The number of aliphatic hydroxyl groups excluding tert-OH is 1. The van der Waals surface area contributed by atoms with Crippen LogP contribution in [0.5, 0.6) is 0 Å². The topological polar surface area (TPSA) is 53.5 Å². The maximum absolute atomic E-state index is 9.74. The van der Waals surface area contributed by atoms with Gasteiger partial charge in [-0.25, -0.2) is 0 Å². The molecule has 2 fully saturated rings. The molecule has 1 saturated heterocycles. The van der Waals surface area contributed by atoms with Crippen molar-refractivity contribution < 1.29 is 9.84 Å². The molecule has 94 valence electrons. The van der Waals surface area contributed by atoms with Crippen molar-refractivity contribution in [1.29, 1.82) is 0 Å². The molecule has 0 aromatic heterocycles. The van der Waals surface area contributed by atoms with Gasteiger partial charge in [-0.1, -0.05) is 0 Å². The van der Waals surface area contributed by atoms with E-state index >= 15 is 0 Å². The number of morpholine rings is 1. The van der Waals surface area contributed by atoms with Crippen LogP contribution < -0.4 is 10.6 Å². The Labute approximate surface area is 97.7 Å². The number of hydrogen-bond acceptors (Lipinski definition) is 4. The van der Waals surface area contributed by atoms with E-state index in [1.54, 1.807) is 0 Å². The van der Waals surface area contributed by atoms with Crippen LogP contribution in [-0.4, -0.2) is 49.6 Å². The van der Waals surface area contributed by atoms with Crippen LogP contribution in [-0.2, 0) is 4.74 Å². The van der Waals surface area contributed by atoms with Gasteiger partial charge in [0.05, 0.1) is 19.3 Å². The normalized spacial score (nSPS) is 30.0. The van der Waals surface area contributed by atoms with Crippen molar-refractivity contribution in [2.24, 2.45) is 5.92 Å². The zero-order valence-electron chi connectivity index (χ0n) is 10.1. The smallest absolute Gasteiger partial charge is 0.0692 e. The van der Waals surface area contributed by atoms with E-state index in [-0.39, 0.29) is 6.10 Å². The zero-order valence-corrected chi connectivity index (χ0v) is 10.1. The minimum absolute atomic E-state index is 0.141. The first-order valence-electron chi connectivity index (χ1n) is 6.48. The lowest BCUT2D eigenvalue weighted by atomic mass is 10.1. The largest absolute Gasteiger partial charge is 0.392 e. The summed E-state index contributed by atoms with van der Waals surface area (Å²) in [6, 6.07) is 0.905. The van der Waals surface area contributed by atoms with Crippen molar-refractivity contribution in [3.63, 3.8) is 0 Å². The van der Waals surface area contributed by atoms with E-state index < -0.39 is 0 Å². The van der Waals surface area contributed by atoms with Crippen LogP contribution in [0, 0.1) is 5.92 Å². The van der Waals surface area contributed by atoms with Gasteiger partial charge in [0, 0.05) is 25.2 Å². The molecule has 16 heavy (non-hydrogen) atoms. The summed E-state index contributed by atoms with van der Waals surface area (Å²) in [5, 5.41) is 16.6. The molecule has 4 heteroatoms. The summed E-state index contributed by atoms with van der Waals surface area (Å²) in [6.07, 6.45) is 3.33. The Morgan fingerprint density at radius 3 is 2.94 bits per heavy atom. The van der Waals surface area contributed by atoms with E-state index in [1.807, 2.05) is 0 Å². The summed E-state index contributed by atoms with van der Waals surface area (Å²) in [5.74, 6) is 0.566. The van der Waals surface area contributed by atoms with Gasteiger partial charge in [0.1, 0.15) is 0 Å². The number of aliphatic hydroxyl groups is 1. The Morgan fingerprint density at radius 1 is 1.50 bits per heavy atom. The number of ether oxygens (including phenoxy) is 1. The molecule has 2 aliphatic rings. The van der Waals surface area contributed by atoms with Crippen LogP contribution in [0.3, 0.4) is 0 Å². The zero-order chi connectivity index (χ0) is 11.4. The van der Waals surface area contributed by atoms with Crippen LogP contribution in [0.25, 0.3) is 0 Å². The molecule has 0 aromatic carbocycles. The van der Waals surface area contributed by atoms with Gasteiger partial charge in [-0.15, -0.1) is 0 Å². The molecule has 0 spiro atoms. The second-order valence-corrected chi connectivity index (χ2v) is 5.18. The predicted molar refractivity (Wildman–Crippen MR) is 63.4 cm³/mol. The third-order valence-corrected chi connectivity index (χ3v) is 3.48. The molecule has 0 bridgehead atoms. The lowest BCUT2D eigenvalue weighted by molar-refractivity contribution is 0.0701. The molecule has 1 aliphatic carbocycles. The molecule has 0 radical (unpaired) electrons. The summed E-state index contributed by atoms with van der Waals surface area (Å²) in [5.41, 5.74) is 0. The van der Waals surface area contributed by atoms with Gasteiger partial charge in [0.25, 0.3) is 0 Å². The summed E-state index contributed by atoms with van der Waals surface area (Å²) in [6.45, 7) is 5.52. The fourth-order valence-corrected chi connectivity index (χ4v) is 2.25. The van der Waals surface area contributed by atoms with E-state index in [4.69, 9.17) is 4.74 Å². The first kappa shape index (κ1) is 12.3. The summed E-state index contributed by atoms with van der Waals surface area (Å²) < 4.78 is 5.42. The average molecular weight is 228 g/mol. The highest BCUT2D eigenvalue weighted by atomic mass is 16.5. The minimum atomic E-state index is -0.141. The summed E-state index contributed by atoms with van der Waals surface area (Å²) in [7, 11) is 0. The van der Waals surface area contributed by atoms with Crippen LogP contribution in [0.1, 0.15) is 26.2 Å². The van der Waals surface area contributed by atoms with Gasteiger partial charge < -0.3 is 20.5 Å². The third kappa shape index (κ3) is 4.01. The van der Waals surface area contributed by atoms with Crippen molar-refractivity contribution in [3.05, 3.63) is 0 Å². The molecule has 1 aliphatic heterocycles. The Hall–Kier alpha value is -0.160. The fourth-order valence-electron chi connectivity index (χ4n) is 2.25. The molecule has 3 unspecified atom stereocenters. The van der Waals surface area contributed by atoms with Crippen molar-refractivity contribution in [2.75, 3.05) is 26.3 Å². The number of hydrogen-bond donors (Lipinski definition) is 3. The van der Waals surface area contributed by atoms with Crippen molar-refractivity contribution in [3.8, 4) is 0 Å². The van der Waals surface area contributed by atoms with E-state index in [9.17, 15) is 5.11 Å². The fraction of sp³-hybridized carbons (Fsp3) is 1.00. The van der Waals surface area contributed by atoms with Gasteiger partial charge in [-0.3, -0.25) is 0 Å². The molecule has 1 heterocycles. The summed E-state index contributed by atoms with van der Waals surface area (Å²) >= 11 is 0. The summed E-state index contributed by atoms with van der Waals surface area (Å²) in [4.78, 5) is 0.